The molecule has 1 aromatic carbocycles. The minimum atomic E-state index is 0.732. The topological polar surface area (TPSA) is 31.1 Å². The second-order valence-electron chi connectivity index (χ2n) is 6.79. The monoisotopic (exact) mass is 311 g/mol. The van der Waals surface area contributed by atoms with E-state index in [0.717, 1.165) is 12.5 Å². The Morgan fingerprint density at radius 2 is 1.91 bits per heavy atom. The zero-order valence-corrected chi connectivity index (χ0v) is 14.2. The molecule has 0 atom stereocenters. The van der Waals surface area contributed by atoms with E-state index in [0.29, 0.717) is 0 Å². The van der Waals surface area contributed by atoms with Gasteiger partial charge in [0.05, 0.1) is 0 Å². The minimum absolute atomic E-state index is 0.732. The number of unbranched alkanes of at least 4 members (excludes halogenated alkanes) is 1. The summed E-state index contributed by atoms with van der Waals surface area (Å²) in [6, 6.07) is 13.1. The molecule has 3 heteroatoms. The molecule has 2 heterocycles. The van der Waals surface area contributed by atoms with Gasteiger partial charge >= 0.3 is 0 Å². The van der Waals surface area contributed by atoms with Gasteiger partial charge in [0.1, 0.15) is 5.82 Å². The van der Waals surface area contributed by atoms with Crippen molar-refractivity contribution in [3.05, 3.63) is 53.7 Å². The molecular formula is C20H29N3. The summed E-state index contributed by atoms with van der Waals surface area (Å²) in [6.45, 7) is 3.48. The predicted octanol–water partition coefficient (Wildman–Crippen LogP) is 4.26. The van der Waals surface area contributed by atoms with Crippen LogP contribution in [0.4, 0.5) is 5.82 Å². The number of nitrogens with zero attached hydrogens (tertiary/aromatic N) is 1. The fraction of sp³-hybridized carbons (Fsp3) is 0.500. The zero-order chi connectivity index (χ0) is 15.9. The number of anilines is 1. The van der Waals surface area contributed by atoms with Crippen LogP contribution in [0, 0.1) is 0 Å². The number of rotatable bonds is 7. The van der Waals surface area contributed by atoms with Gasteiger partial charge in [-0.2, -0.15) is 0 Å². The molecule has 1 aromatic heterocycles. The lowest BCUT2D eigenvalue weighted by atomic mass is 9.91. The number of piperidine rings is 1. The third-order valence-corrected chi connectivity index (χ3v) is 4.95. The molecule has 23 heavy (non-hydrogen) atoms. The van der Waals surface area contributed by atoms with Crippen molar-refractivity contribution in [2.75, 3.05) is 32.0 Å². The van der Waals surface area contributed by atoms with Crippen molar-refractivity contribution in [2.24, 2.45) is 0 Å². The predicted molar refractivity (Wildman–Crippen MR) is 98.1 cm³/mol. The SMILES string of the molecule is CN1CCC(c2c[nH]c(NCCCCc3ccccc3)c2)CC1. The van der Waals surface area contributed by atoms with Crippen molar-refractivity contribution in [1.82, 2.24) is 9.88 Å². The number of hydrogen-bond donors (Lipinski definition) is 2. The average molecular weight is 311 g/mol. The van der Waals surface area contributed by atoms with Crippen molar-refractivity contribution < 1.29 is 0 Å². The maximum atomic E-state index is 3.53. The molecule has 1 fully saturated rings. The van der Waals surface area contributed by atoms with Crippen molar-refractivity contribution >= 4 is 5.82 Å². The normalized spacial score (nSPS) is 16.6. The van der Waals surface area contributed by atoms with E-state index < -0.39 is 0 Å². The summed E-state index contributed by atoms with van der Waals surface area (Å²) < 4.78 is 0. The maximum absolute atomic E-state index is 3.53. The van der Waals surface area contributed by atoms with Crippen LogP contribution in [0.25, 0.3) is 0 Å². The van der Waals surface area contributed by atoms with Crippen LogP contribution >= 0.6 is 0 Å². The molecule has 1 aliphatic heterocycles. The van der Waals surface area contributed by atoms with Crippen molar-refractivity contribution in [2.45, 2.75) is 38.0 Å². The first kappa shape index (κ1) is 16.1. The number of H-pyrrole nitrogens is 1. The third-order valence-electron chi connectivity index (χ3n) is 4.95. The number of hydrogen-bond acceptors (Lipinski definition) is 2. The van der Waals surface area contributed by atoms with Crippen LogP contribution in [0.1, 0.15) is 42.7 Å². The highest BCUT2D eigenvalue weighted by molar-refractivity contribution is 5.40. The molecule has 1 aliphatic rings. The highest BCUT2D eigenvalue weighted by Gasteiger charge is 2.19. The van der Waals surface area contributed by atoms with Crippen LogP contribution in [-0.4, -0.2) is 36.6 Å². The number of benzene rings is 1. The molecular weight excluding hydrogens is 282 g/mol. The van der Waals surface area contributed by atoms with Crippen LogP contribution in [0.2, 0.25) is 0 Å². The third kappa shape index (κ3) is 4.87. The molecule has 0 unspecified atom stereocenters. The summed E-state index contributed by atoms with van der Waals surface area (Å²) in [7, 11) is 2.22. The van der Waals surface area contributed by atoms with Gasteiger partial charge < -0.3 is 15.2 Å². The van der Waals surface area contributed by atoms with Gasteiger partial charge in [-0.25, -0.2) is 0 Å². The Morgan fingerprint density at radius 3 is 2.70 bits per heavy atom. The molecule has 0 bridgehead atoms. The summed E-state index contributed by atoms with van der Waals surface area (Å²) in [4.78, 5) is 5.82. The van der Waals surface area contributed by atoms with Crippen molar-refractivity contribution in [1.29, 1.82) is 0 Å². The number of nitrogens with one attached hydrogen (secondary N) is 2. The second kappa shape index (κ2) is 8.21. The highest BCUT2D eigenvalue weighted by atomic mass is 15.1. The largest absolute Gasteiger partial charge is 0.372 e. The Kier molecular flexibility index (Phi) is 5.76. The second-order valence-corrected chi connectivity index (χ2v) is 6.79. The van der Waals surface area contributed by atoms with Gasteiger partial charge in [-0.1, -0.05) is 30.3 Å². The van der Waals surface area contributed by atoms with E-state index in [2.05, 4.69) is 64.8 Å². The highest BCUT2D eigenvalue weighted by Crippen LogP contribution is 2.28. The minimum Gasteiger partial charge on any atom is -0.372 e. The lowest BCUT2D eigenvalue weighted by Crippen LogP contribution is -2.29. The number of likely N-dealkylation sites (tertiary alicyclic amines) is 1. The summed E-state index contributed by atoms with van der Waals surface area (Å²) >= 11 is 0. The molecule has 3 nitrogen and oxygen atoms in total. The maximum Gasteiger partial charge on any atom is 0.103 e. The molecule has 0 saturated carbocycles. The summed E-state index contributed by atoms with van der Waals surface area (Å²) in [5, 5.41) is 3.53. The van der Waals surface area contributed by atoms with Gasteiger partial charge in [0.15, 0.2) is 0 Å². The van der Waals surface area contributed by atoms with Crippen LogP contribution in [0.5, 0.6) is 0 Å². The van der Waals surface area contributed by atoms with E-state index in [1.54, 1.807) is 0 Å². The van der Waals surface area contributed by atoms with Gasteiger partial charge in [-0.15, -0.1) is 0 Å². The molecule has 0 amide bonds. The fourth-order valence-electron chi connectivity index (χ4n) is 3.41. The molecule has 2 N–H and O–H groups in total. The quantitative estimate of drug-likeness (QED) is 0.749. The van der Waals surface area contributed by atoms with Gasteiger partial charge in [-0.3, -0.25) is 0 Å². The van der Waals surface area contributed by atoms with E-state index in [-0.39, 0.29) is 0 Å². The van der Waals surface area contributed by atoms with Crippen LogP contribution in [-0.2, 0) is 6.42 Å². The van der Waals surface area contributed by atoms with Crippen molar-refractivity contribution in [3.8, 4) is 0 Å². The molecule has 0 radical (unpaired) electrons. The van der Waals surface area contributed by atoms with E-state index >= 15 is 0 Å². The molecule has 0 aliphatic carbocycles. The van der Waals surface area contributed by atoms with Crippen LogP contribution in [0.15, 0.2) is 42.6 Å². The fourth-order valence-corrected chi connectivity index (χ4v) is 3.41. The Labute approximate surface area is 140 Å². The summed E-state index contributed by atoms with van der Waals surface area (Å²) in [5.41, 5.74) is 2.92. The van der Waals surface area contributed by atoms with Gasteiger partial charge in [0, 0.05) is 12.7 Å². The summed E-state index contributed by atoms with van der Waals surface area (Å²) in [5.74, 6) is 1.91. The van der Waals surface area contributed by atoms with Gasteiger partial charge in [0.2, 0.25) is 0 Å². The van der Waals surface area contributed by atoms with E-state index in [9.17, 15) is 0 Å². The number of aromatic nitrogens is 1. The molecule has 124 valence electrons. The van der Waals surface area contributed by atoms with E-state index in [1.165, 1.54) is 62.1 Å². The average Bonchev–Trinajstić information content (AvgIpc) is 3.05. The molecule has 1 saturated heterocycles. The van der Waals surface area contributed by atoms with Crippen LogP contribution < -0.4 is 5.32 Å². The Hall–Kier alpha value is -1.74. The first-order valence-corrected chi connectivity index (χ1v) is 8.96. The lowest BCUT2D eigenvalue weighted by molar-refractivity contribution is 0.255. The molecule has 2 aromatic rings. The smallest absolute Gasteiger partial charge is 0.103 e. The Bertz CT molecular complexity index is 568. The molecule has 0 spiro atoms. The van der Waals surface area contributed by atoms with E-state index in [4.69, 9.17) is 0 Å². The van der Waals surface area contributed by atoms with E-state index in [1.807, 2.05) is 0 Å². The number of aryl methyl sites for hydroxylation is 1. The number of aromatic amines is 1. The molecule has 3 rings (SSSR count). The van der Waals surface area contributed by atoms with Crippen molar-refractivity contribution in [3.63, 3.8) is 0 Å². The zero-order valence-electron chi connectivity index (χ0n) is 14.2. The first-order chi connectivity index (χ1) is 11.3. The standard InChI is InChI=1S/C20H29N3/c1-23-13-10-18(11-14-23)19-15-20(22-16-19)21-12-6-5-9-17-7-3-2-4-8-17/h2-4,7-8,15-16,18,21-22H,5-6,9-14H2,1H3. The van der Waals surface area contributed by atoms with Crippen LogP contribution in [0.3, 0.4) is 0 Å². The Morgan fingerprint density at radius 1 is 1.13 bits per heavy atom. The lowest BCUT2D eigenvalue weighted by Gasteiger charge is -2.28. The van der Waals surface area contributed by atoms with Gasteiger partial charge in [-0.05, 0) is 75.4 Å². The Balaban J connectivity index is 1.36. The summed E-state index contributed by atoms with van der Waals surface area (Å²) in [6.07, 6.45) is 8.38. The first-order valence-electron chi connectivity index (χ1n) is 8.96. The van der Waals surface area contributed by atoms with Gasteiger partial charge in [0.25, 0.3) is 0 Å².